The number of nitrogens with two attached hydrogens (primary N) is 1. The molecule has 0 spiro atoms. The van der Waals surface area contributed by atoms with Crippen LogP contribution in [0.3, 0.4) is 0 Å². The van der Waals surface area contributed by atoms with Gasteiger partial charge in [-0.1, -0.05) is 12.5 Å². The molecule has 24 heavy (non-hydrogen) atoms. The lowest BCUT2D eigenvalue weighted by Crippen LogP contribution is -2.29. The van der Waals surface area contributed by atoms with Crippen LogP contribution in [-0.4, -0.2) is 26.7 Å². The van der Waals surface area contributed by atoms with Gasteiger partial charge in [0.05, 0.1) is 7.11 Å². The van der Waals surface area contributed by atoms with Crippen LogP contribution in [0.25, 0.3) is 0 Å². The van der Waals surface area contributed by atoms with Crippen LogP contribution < -0.4 is 15.8 Å². The Morgan fingerprint density at radius 2 is 2.00 bits per heavy atom. The Bertz CT molecular complexity index is 511. The van der Waals surface area contributed by atoms with Crippen LogP contribution in [0.1, 0.15) is 49.7 Å². The summed E-state index contributed by atoms with van der Waals surface area (Å²) in [5.74, 6) is 3.53. The zero-order valence-corrected chi connectivity index (χ0v) is 15.2. The average Bonchev–Trinajstić information content (AvgIpc) is 2.65. The van der Waals surface area contributed by atoms with Gasteiger partial charge in [0.2, 0.25) is 0 Å². The lowest BCUT2D eigenvalue weighted by molar-refractivity contribution is 0.236. The first-order valence-electron chi connectivity index (χ1n) is 9.86. The molecule has 0 aromatic heterocycles. The van der Waals surface area contributed by atoms with Crippen LogP contribution in [-0.2, 0) is 12.8 Å². The highest BCUT2D eigenvalue weighted by atomic mass is 16.5. The standard InChI is InChI=1S/C21H34N2O/c1-24-21-7-6-17-4-5-19(14-20(17)15-21)18(8-11-22)3-2-16-9-12-23-13-10-16/h6-7,15-16,18-19,23H,2-5,8-14,22H2,1H3. The van der Waals surface area contributed by atoms with E-state index in [0.717, 1.165) is 30.0 Å². The third kappa shape index (κ3) is 4.52. The van der Waals surface area contributed by atoms with Crippen LogP contribution >= 0.6 is 0 Å². The molecule has 0 saturated carbocycles. The number of methoxy groups -OCH3 is 1. The van der Waals surface area contributed by atoms with Crippen molar-refractivity contribution in [1.29, 1.82) is 0 Å². The predicted octanol–water partition coefficient (Wildman–Crippen LogP) is 3.54. The first-order valence-corrected chi connectivity index (χ1v) is 9.86. The molecule has 1 saturated heterocycles. The van der Waals surface area contributed by atoms with Gasteiger partial charge in [0.15, 0.2) is 0 Å². The number of piperidine rings is 1. The van der Waals surface area contributed by atoms with Crippen LogP contribution in [0, 0.1) is 17.8 Å². The minimum absolute atomic E-state index is 0.796. The lowest BCUT2D eigenvalue weighted by Gasteiger charge is -2.33. The highest BCUT2D eigenvalue weighted by Crippen LogP contribution is 2.36. The Morgan fingerprint density at radius 3 is 2.75 bits per heavy atom. The molecular formula is C21H34N2O. The smallest absolute Gasteiger partial charge is 0.119 e. The fourth-order valence-electron chi connectivity index (χ4n) is 4.74. The summed E-state index contributed by atoms with van der Waals surface area (Å²) in [6.07, 6.45) is 10.4. The molecule has 2 aliphatic rings. The molecule has 3 rings (SSSR count). The van der Waals surface area contributed by atoms with Crippen molar-refractivity contribution < 1.29 is 4.74 Å². The fraction of sp³-hybridized carbons (Fsp3) is 0.714. The Labute approximate surface area is 147 Å². The van der Waals surface area contributed by atoms with Gasteiger partial charge in [-0.2, -0.15) is 0 Å². The van der Waals surface area contributed by atoms with Gasteiger partial charge in [-0.25, -0.2) is 0 Å². The maximum absolute atomic E-state index is 5.96. The largest absolute Gasteiger partial charge is 0.497 e. The van der Waals surface area contributed by atoms with E-state index in [9.17, 15) is 0 Å². The minimum atomic E-state index is 0.796. The van der Waals surface area contributed by atoms with Crippen molar-refractivity contribution in [2.24, 2.45) is 23.5 Å². The molecule has 3 heteroatoms. The molecule has 1 fully saturated rings. The van der Waals surface area contributed by atoms with Gasteiger partial charge in [0.1, 0.15) is 5.75 Å². The number of benzene rings is 1. The fourth-order valence-corrected chi connectivity index (χ4v) is 4.74. The number of fused-ring (bicyclic) bond motifs is 1. The Balaban J connectivity index is 1.60. The lowest BCUT2D eigenvalue weighted by atomic mass is 9.73. The molecule has 3 nitrogen and oxygen atoms in total. The van der Waals surface area contributed by atoms with E-state index in [4.69, 9.17) is 10.5 Å². The SMILES string of the molecule is COc1ccc2c(c1)CC(C(CCN)CCC1CCNCC1)CC2. The quantitative estimate of drug-likeness (QED) is 0.804. The van der Waals surface area contributed by atoms with E-state index in [-0.39, 0.29) is 0 Å². The first-order chi connectivity index (χ1) is 11.8. The second-order valence-electron chi connectivity index (χ2n) is 7.75. The normalized spacial score (nSPS) is 22.8. The van der Waals surface area contributed by atoms with Gasteiger partial charge in [-0.15, -0.1) is 0 Å². The number of nitrogens with one attached hydrogen (secondary N) is 1. The first kappa shape index (κ1) is 17.8. The van der Waals surface area contributed by atoms with Crippen molar-refractivity contribution in [2.75, 3.05) is 26.7 Å². The Morgan fingerprint density at radius 1 is 1.17 bits per heavy atom. The maximum Gasteiger partial charge on any atom is 0.119 e. The van der Waals surface area contributed by atoms with Gasteiger partial charge in [0.25, 0.3) is 0 Å². The second-order valence-corrected chi connectivity index (χ2v) is 7.75. The summed E-state index contributed by atoms with van der Waals surface area (Å²) >= 11 is 0. The molecule has 1 heterocycles. The average molecular weight is 331 g/mol. The molecule has 1 aliphatic heterocycles. The van der Waals surface area contributed by atoms with E-state index in [1.54, 1.807) is 7.11 Å². The van der Waals surface area contributed by atoms with E-state index < -0.39 is 0 Å². The summed E-state index contributed by atoms with van der Waals surface area (Å²) in [5, 5.41) is 3.48. The van der Waals surface area contributed by atoms with E-state index in [0.29, 0.717) is 0 Å². The van der Waals surface area contributed by atoms with E-state index in [1.807, 2.05) is 0 Å². The summed E-state index contributed by atoms with van der Waals surface area (Å²) < 4.78 is 5.42. The van der Waals surface area contributed by atoms with Crippen molar-refractivity contribution in [3.8, 4) is 5.75 Å². The maximum atomic E-state index is 5.96. The number of aryl methyl sites for hydroxylation is 1. The highest BCUT2D eigenvalue weighted by molar-refractivity contribution is 5.37. The van der Waals surface area contributed by atoms with Crippen LogP contribution in [0.5, 0.6) is 5.75 Å². The molecule has 1 aromatic carbocycles. The predicted molar refractivity (Wildman–Crippen MR) is 100 cm³/mol. The zero-order valence-electron chi connectivity index (χ0n) is 15.2. The van der Waals surface area contributed by atoms with Crippen molar-refractivity contribution in [2.45, 2.75) is 51.4 Å². The molecule has 3 N–H and O–H groups in total. The van der Waals surface area contributed by atoms with Crippen molar-refractivity contribution in [3.05, 3.63) is 29.3 Å². The van der Waals surface area contributed by atoms with Gasteiger partial charge in [-0.3, -0.25) is 0 Å². The third-order valence-corrected chi connectivity index (χ3v) is 6.29. The Kier molecular flexibility index (Phi) is 6.56. The van der Waals surface area contributed by atoms with Crippen molar-refractivity contribution >= 4 is 0 Å². The highest BCUT2D eigenvalue weighted by Gasteiger charge is 2.27. The van der Waals surface area contributed by atoms with E-state index in [2.05, 4.69) is 23.5 Å². The summed E-state index contributed by atoms with van der Waals surface area (Å²) in [7, 11) is 1.76. The summed E-state index contributed by atoms with van der Waals surface area (Å²) in [6.45, 7) is 3.25. The number of ether oxygens (including phenoxy) is 1. The molecule has 134 valence electrons. The van der Waals surface area contributed by atoms with Gasteiger partial charge < -0.3 is 15.8 Å². The van der Waals surface area contributed by atoms with Gasteiger partial charge in [0, 0.05) is 0 Å². The Hall–Kier alpha value is -1.06. The van der Waals surface area contributed by atoms with Crippen LogP contribution in [0.4, 0.5) is 0 Å². The third-order valence-electron chi connectivity index (χ3n) is 6.29. The molecule has 1 aliphatic carbocycles. The summed E-state index contributed by atoms with van der Waals surface area (Å²) in [5.41, 5.74) is 8.99. The number of hydrogen-bond donors (Lipinski definition) is 2. The molecule has 0 amide bonds. The molecule has 2 unspecified atom stereocenters. The monoisotopic (exact) mass is 330 g/mol. The minimum Gasteiger partial charge on any atom is -0.497 e. The number of hydrogen-bond acceptors (Lipinski definition) is 3. The van der Waals surface area contributed by atoms with Crippen molar-refractivity contribution in [1.82, 2.24) is 5.32 Å². The van der Waals surface area contributed by atoms with Gasteiger partial charge >= 0.3 is 0 Å². The summed E-state index contributed by atoms with van der Waals surface area (Å²) in [6, 6.07) is 6.62. The van der Waals surface area contributed by atoms with Crippen LogP contribution in [0.2, 0.25) is 0 Å². The zero-order chi connectivity index (χ0) is 16.8. The molecule has 0 radical (unpaired) electrons. The summed E-state index contributed by atoms with van der Waals surface area (Å²) in [4.78, 5) is 0. The number of rotatable bonds is 7. The van der Waals surface area contributed by atoms with Crippen LogP contribution in [0.15, 0.2) is 18.2 Å². The van der Waals surface area contributed by atoms with E-state index >= 15 is 0 Å². The molecular weight excluding hydrogens is 296 g/mol. The molecule has 2 atom stereocenters. The molecule has 1 aromatic rings. The van der Waals surface area contributed by atoms with Gasteiger partial charge in [-0.05, 0) is 106 Å². The van der Waals surface area contributed by atoms with Crippen molar-refractivity contribution in [3.63, 3.8) is 0 Å². The topological polar surface area (TPSA) is 47.3 Å². The van der Waals surface area contributed by atoms with E-state index in [1.165, 1.54) is 75.6 Å². The second kappa shape index (κ2) is 8.87. The molecule has 0 bridgehead atoms.